The Morgan fingerprint density at radius 1 is 1.16 bits per heavy atom. The van der Waals surface area contributed by atoms with Gasteiger partial charge in [0.05, 0.1) is 17.7 Å². The van der Waals surface area contributed by atoms with Crippen molar-refractivity contribution in [1.29, 1.82) is 0 Å². The van der Waals surface area contributed by atoms with Gasteiger partial charge in [0.15, 0.2) is 14.9 Å². The van der Waals surface area contributed by atoms with Crippen molar-refractivity contribution in [2.24, 2.45) is 5.10 Å². The molecule has 0 heterocycles. The van der Waals surface area contributed by atoms with Gasteiger partial charge in [-0.05, 0) is 49.0 Å². The Labute approximate surface area is 152 Å². The Morgan fingerprint density at radius 3 is 2.44 bits per heavy atom. The van der Waals surface area contributed by atoms with E-state index in [1.54, 1.807) is 38.3 Å². The lowest BCUT2D eigenvalue weighted by Crippen LogP contribution is -2.24. The molecule has 8 heteroatoms. The summed E-state index contributed by atoms with van der Waals surface area (Å²) in [4.78, 5) is 0.271. The third-order valence-corrected chi connectivity index (χ3v) is 4.67. The van der Waals surface area contributed by atoms with Crippen molar-refractivity contribution in [2.45, 2.75) is 11.8 Å². The summed E-state index contributed by atoms with van der Waals surface area (Å²) in [7, 11) is -1.61. The van der Waals surface area contributed by atoms with E-state index in [0.29, 0.717) is 10.8 Å². The number of benzene rings is 2. The molecule has 25 heavy (non-hydrogen) atoms. The summed E-state index contributed by atoms with van der Waals surface area (Å²) in [6.07, 6.45) is 1.17. The molecule has 0 aliphatic carbocycles. The Kier molecular flexibility index (Phi) is 6.11. The van der Waals surface area contributed by atoms with Crippen LogP contribution in [0.25, 0.3) is 0 Å². The summed E-state index contributed by atoms with van der Waals surface area (Å²) in [6, 6.07) is 13.9. The molecule has 0 radical (unpaired) electrons. The summed E-state index contributed by atoms with van der Waals surface area (Å²) < 4.78 is 28.1. The molecule has 0 aromatic heterocycles. The van der Waals surface area contributed by atoms with Gasteiger partial charge in [-0.1, -0.05) is 18.2 Å². The number of hydrazone groups is 1. The van der Waals surface area contributed by atoms with Crippen LogP contribution >= 0.6 is 12.2 Å². The van der Waals surface area contributed by atoms with E-state index in [4.69, 9.17) is 17.0 Å². The Balaban J connectivity index is 2.01. The molecule has 0 aliphatic rings. The van der Waals surface area contributed by atoms with E-state index in [2.05, 4.69) is 15.8 Å². The molecule has 0 unspecified atom stereocenters. The molecular formula is C17H19N3O3S2. The molecule has 0 saturated heterocycles. The van der Waals surface area contributed by atoms with E-state index < -0.39 is 9.84 Å². The van der Waals surface area contributed by atoms with E-state index >= 15 is 0 Å². The van der Waals surface area contributed by atoms with Crippen LogP contribution in [0.3, 0.4) is 0 Å². The lowest BCUT2D eigenvalue weighted by molar-refractivity contribution is 0.415. The van der Waals surface area contributed by atoms with Gasteiger partial charge in [-0.25, -0.2) is 8.42 Å². The lowest BCUT2D eigenvalue weighted by atomic mass is 10.1. The third kappa shape index (κ3) is 5.54. The van der Waals surface area contributed by atoms with Crippen LogP contribution in [0.5, 0.6) is 5.75 Å². The van der Waals surface area contributed by atoms with Crippen molar-refractivity contribution in [2.75, 3.05) is 18.7 Å². The van der Waals surface area contributed by atoms with Gasteiger partial charge < -0.3 is 10.1 Å². The first-order chi connectivity index (χ1) is 11.8. The number of anilines is 1. The third-order valence-electron chi connectivity index (χ3n) is 3.35. The Hall–Kier alpha value is -2.45. The average molecular weight is 377 g/mol. The monoisotopic (exact) mass is 377 g/mol. The zero-order valence-electron chi connectivity index (χ0n) is 14.1. The molecule has 0 amide bonds. The highest BCUT2D eigenvalue weighted by Gasteiger charge is 2.07. The molecule has 0 fully saturated rings. The standard InChI is InChI=1S/C17H19N3O3S2/c1-12(13-7-9-16(10-8-13)25(3,21)22)19-20-17(24)18-14-5-4-6-15(11-14)23-2/h4-11H,1-3H3,(H2,18,20,24)/b19-12-. The number of sulfone groups is 1. The second-order valence-corrected chi connectivity index (χ2v) is 7.72. The van der Waals surface area contributed by atoms with Gasteiger partial charge in [0.2, 0.25) is 0 Å². The van der Waals surface area contributed by atoms with Crippen molar-refractivity contribution < 1.29 is 13.2 Å². The van der Waals surface area contributed by atoms with E-state index in [0.717, 1.165) is 17.0 Å². The molecule has 0 bridgehead atoms. The molecule has 0 spiro atoms. The summed E-state index contributed by atoms with van der Waals surface area (Å²) in [5.41, 5.74) is 5.01. The number of thiocarbonyl (C=S) groups is 1. The molecule has 0 atom stereocenters. The van der Waals surface area contributed by atoms with Gasteiger partial charge in [0.25, 0.3) is 0 Å². The Bertz CT molecular complexity index is 892. The molecule has 2 N–H and O–H groups in total. The van der Waals surface area contributed by atoms with Crippen LogP contribution in [0.4, 0.5) is 5.69 Å². The SMILES string of the molecule is COc1cccc(NC(=S)N/N=C(/C)c2ccc(S(C)(=O)=O)cc2)c1. The largest absolute Gasteiger partial charge is 0.497 e. The van der Waals surface area contributed by atoms with Crippen LogP contribution in [-0.4, -0.2) is 32.6 Å². The number of rotatable bonds is 5. The highest BCUT2D eigenvalue weighted by Crippen LogP contribution is 2.16. The normalized spacial score (nSPS) is 11.7. The van der Waals surface area contributed by atoms with Gasteiger partial charge in [0.1, 0.15) is 5.75 Å². The maximum Gasteiger partial charge on any atom is 0.191 e. The predicted molar refractivity (Wildman–Crippen MR) is 104 cm³/mol. The molecule has 0 saturated carbocycles. The van der Waals surface area contributed by atoms with Crippen molar-refractivity contribution in [3.8, 4) is 5.75 Å². The first-order valence-corrected chi connectivity index (χ1v) is 9.65. The fraction of sp³-hybridized carbons (Fsp3) is 0.176. The second-order valence-electron chi connectivity index (χ2n) is 5.29. The predicted octanol–water partition coefficient (Wildman–Crippen LogP) is 2.81. The van der Waals surface area contributed by atoms with Gasteiger partial charge in [0, 0.05) is 18.0 Å². The second kappa shape index (κ2) is 8.09. The molecule has 0 aliphatic heterocycles. The van der Waals surface area contributed by atoms with Gasteiger partial charge in [-0.3, -0.25) is 5.43 Å². The highest BCUT2D eigenvalue weighted by atomic mass is 32.2. The van der Waals surface area contributed by atoms with Crippen molar-refractivity contribution in [3.63, 3.8) is 0 Å². The minimum Gasteiger partial charge on any atom is -0.497 e. The fourth-order valence-corrected chi connectivity index (χ4v) is 2.80. The number of hydrogen-bond donors (Lipinski definition) is 2. The number of ether oxygens (including phenoxy) is 1. The molecule has 6 nitrogen and oxygen atoms in total. The lowest BCUT2D eigenvalue weighted by Gasteiger charge is -2.09. The maximum absolute atomic E-state index is 11.5. The fourth-order valence-electron chi connectivity index (χ4n) is 2.00. The van der Waals surface area contributed by atoms with Crippen LogP contribution in [0.15, 0.2) is 58.5 Å². The van der Waals surface area contributed by atoms with Crippen molar-refractivity contribution in [1.82, 2.24) is 5.43 Å². The van der Waals surface area contributed by atoms with E-state index in [9.17, 15) is 8.42 Å². The summed E-state index contributed by atoms with van der Waals surface area (Å²) in [5, 5.41) is 7.55. The maximum atomic E-state index is 11.5. The van der Waals surface area contributed by atoms with Crippen LogP contribution in [0, 0.1) is 0 Å². The van der Waals surface area contributed by atoms with E-state index in [1.165, 1.54) is 6.26 Å². The van der Waals surface area contributed by atoms with Gasteiger partial charge in [-0.2, -0.15) is 5.10 Å². The number of hydrogen-bond acceptors (Lipinski definition) is 5. The Morgan fingerprint density at radius 2 is 1.84 bits per heavy atom. The van der Waals surface area contributed by atoms with Crippen molar-refractivity contribution in [3.05, 3.63) is 54.1 Å². The summed E-state index contributed by atoms with van der Waals surface area (Å²) in [5.74, 6) is 0.721. The zero-order valence-corrected chi connectivity index (χ0v) is 15.7. The molecule has 2 aromatic carbocycles. The van der Waals surface area contributed by atoms with Crippen LogP contribution in [-0.2, 0) is 9.84 Å². The molecular weight excluding hydrogens is 358 g/mol. The summed E-state index contributed by atoms with van der Waals surface area (Å²) >= 11 is 5.20. The van der Waals surface area contributed by atoms with Crippen LogP contribution in [0.2, 0.25) is 0 Å². The highest BCUT2D eigenvalue weighted by molar-refractivity contribution is 7.90. The molecule has 132 valence electrons. The quantitative estimate of drug-likeness (QED) is 0.474. The first kappa shape index (κ1) is 18.9. The smallest absolute Gasteiger partial charge is 0.191 e. The topological polar surface area (TPSA) is 79.8 Å². The first-order valence-electron chi connectivity index (χ1n) is 7.35. The summed E-state index contributed by atoms with van der Waals surface area (Å²) in [6.45, 7) is 1.80. The van der Waals surface area contributed by atoms with Gasteiger partial charge >= 0.3 is 0 Å². The minimum absolute atomic E-state index is 0.271. The van der Waals surface area contributed by atoms with Gasteiger partial charge in [-0.15, -0.1) is 0 Å². The van der Waals surface area contributed by atoms with E-state index in [1.807, 2.05) is 24.3 Å². The zero-order chi connectivity index (χ0) is 18.4. The number of methoxy groups -OCH3 is 1. The molecule has 2 aromatic rings. The van der Waals surface area contributed by atoms with Crippen molar-refractivity contribution >= 4 is 38.6 Å². The average Bonchev–Trinajstić information content (AvgIpc) is 2.59. The minimum atomic E-state index is -3.21. The number of nitrogens with zero attached hydrogens (tertiary/aromatic N) is 1. The van der Waals surface area contributed by atoms with Crippen LogP contribution < -0.4 is 15.5 Å². The number of nitrogens with one attached hydrogen (secondary N) is 2. The van der Waals surface area contributed by atoms with E-state index in [-0.39, 0.29) is 4.90 Å². The molecule has 2 rings (SSSR count). The van der Waals surface area contributed by atoms with Crippen LogP contribution in [0.1, 0.15) is 12.5 Å².